The van der Waals surface area contributed by atoms with E-state index in [4.69, 9.17) is 24.2 Å². The van der Waals surface area contributed by atoms with Crippen molar-refractivity contribution < 1.29 is 23.8 Å². The molecule has 0 saturated heterocycles. The number of rotatable bonds is 7. The lowest BCUT2D eigenvalue weighted by Crippen LogP contribution is -2.44. The van der Waals surface area contributed by atoms with Gasteiger partial charge in [0.25, 0.3) is 11.8 Å². The van der Waals surface area contributed by atoms with Crippen molar-refractivity contribution >= 4 is 35.6 Å². The Bertz CT molecular complexity index is 2000. The fourth-order valence-corrected chi connectivity index (χ4v) is 7.08. The first-order valence-electron chi connectivity index (χ1n) is 16.4. The van der Waals surface area contributed by atoms with E-state index >= 15 is 0 Å². The van der Waals surface area contributed by atoms with Crippen molar-refractivity contribution in [2.45, 2.75) is 51.4 Å². The molecule has 4 aromatic rings. The second-order valence-corrected chi connectivity index (χ2v) is 12.7. The van der Waals surface area contributed by atoms with E-state index in [1.54, 1.807) is 19.2 Å². The molecule has 4 heterocycles. The molecule has 0 saturated carbocycles. The van der Waals surface area contributed by atoms with Crippen LogP contribution in [0, 0.1) is 6.92 Å². The minimum absolute atomic E-state index is 0.00756. The molecule has 2 amide bonds. The lowest BCUT2D eigenvalue weighted by molar-refractivity contribution is 0.0696. The maximum Gasteiger partial charge on any atom is 0.257 e. The summed E-state index contributed by atoms with van der Waals surface area (Å²) >= 11 is 0. The summed E-state index contributed by atoms with van der Waals surface area (Å²) in [5.41, 5.74) is 8.03. The summed E-state index contributed by atoms with van der Waals surface area (Å²) < 4.78 is 17.9. The Morgan fingerprint density at radius 3 is 1.73 bits per heavy atom. The van der Waals surface area contributed by atoms with Crippen LogP contribution in [0.3, 0.4) is 0 Å². The van der Waals surface area contributed by atoms with Crippen molar-refractivity contribution in [2.24, 2.45) is 9.98 Å². The lowest BCUT2D eigenvalue weighted by Gasteiger charge is -2.34. The molecule has 0 bridgehead atoms. The predicted octanol–water partition coefficient (Wildman–Crippen LogP) is 6.42. The van der Waals surface area contributed by atoms with Gasteiger partial charge >= 0.3 is 0 Å². The first-order chi connectivity index (χ1) is 23.5. The molecule has 0 aromatic heterocycles. The molecular weight excluding hydrogens is 604 g/mol. The molecule has 0 spiro atoms. The Balaban J connectivity index is 0.920. The smallest absolute Gasteiger partial charge is 0.257 e. The van der Waals surface area contributed by atoms with E-state index in [9.17, 15) is 9.59 Å². The van der Waals surface area contributed by atoms with Gasteiger partial charge in [-0.05, 0) is 59.7 Å². The molecule has 9 heteroatoms. The van der Waals surface area contributed by atoms with Gasteiger partial charge in [0.1, 0.15) is 5.75 Å². The number of amides is 2. The number of hydrogen-bond donors (Lipinski definition) is 0. The molecule has 9 nitrogen and oxygen atoms in total. The van der Waals surface area contributed by atoms with Gasteiger partial charge in [-0.3, -0.25) is 19.6 Å². The Hall–Kier alpha value is -5.44. The molecule has 4 aromatic carbocycles. The van der Waals surface area contributed by atoms with Crippen LogP contribution in [-0.4, -0.2) is 66.5 Å². The summed E-state index contributed by atoms with van der Waals surface area (Å²) in [6.07, 6.45) is 5.85. The zero-order valence-corrected chi connectivity index (χ0v) is 27.0. The highest BCUT2D eigenvalue weighted by molar-refractivity contribution is 6.04. The highest BCUT2D eigenvalue weighted by Gasteiger charge is 2.34. The number of nitrogens with zero attached hydrogens (tertiary/aromatic N) is 4. The Morgan fingerprint density at radius 2 is 1.17 bits per heavy atom. The third-order valence-corrected chi connectivity index (χ3v) is 9.71. The molecule has 2 atom stereocenters. The first kappa shape index (κ1) is 29.9. The van der Waals surface area contributed by atoms with Crippen molar-refractivity contribution in [1.29, 1.82) is 0 Å². The summed E-state index contributed by atoms with van der Waals surface area (Å²) in [7, 11) is 1.57. The van der Waals surface area contributed by atoms with Crippen LogP contribution in [0.2, 0.25) is 0 Å². The van der Waals surface area contributed by atoms with Crippen LogP contribution in [0.4, 0.5) is 11.4 Å². The van der Waals surface area contributed by atoms with E-state index in [1.165, 1.54) is 16.7 Å². The molecule has 0 radical (unpaired) electrons. The molecule has 0 N–H and O–H groups in total. The predicted molar refractivity (Wildman–Crippen MR) is 184 cm³/mol. The normalized spacial score (nSPS) is 18.8. The third-order valence-electron chi connectivity index (χ3n) is 9.71. The van der Waals surface area contributed by atoms with Crippen molar-refractivity contribution in [3.05, 3.63) is 112 Å². The van der Waals surface area contributed by atoms with Crippen LogP contribution in [0.1, 0.15) is 55.0 Å². The van der Waals surface area contributed by atoms with E-state index in [0.29, 0.717) is 72.5 Å². The molecule has 0 fully saturated rings. The number of aryl methyl sites for hydroxylation is 1. The molecule has 0 aliphatic carbocycles. The molecule has 48 heavy (non-hydrogen) atoms. The molecule has 0 unspecified atom stereocenters. The number of carbonyl (C=O) groups is 2. The fourth-order valence-electron chi connectivity index (χ4n) is 7.08. The first-order valence-corrected chi connectivity index (χ1v) is 16.4. The van der Waals surface area contributed by atoms with Crippen LogP contribution in [0.5, 0.6) is 17.2 Å². The van der Waals surface area contributed by atoms with Crippen LogP contribution in [0.15, 0.2) is 82.8 Å². The third kappa shape index (κ3) is 5.39. The van der Waals surface area contributed by atoms with Gasteiger partial charge in [-0.2, -0.15) is 0 Å². The average Bonchev–Trinajstić information content (AvgIpc) is 3.32. The van der Waals surface area contributed by atoms with Crippen LogP contribution >= 0.6 is 0 Å². The largest absolute Gasteiger partial charge is 0.493 e. The minimum atomic E-state index is -0.105. The van der Waals surface area contributed by atoms with Gasteiger partial charge in [0.15, 0.2) is 11.5 Å². The second-order valence-electron chi connectivity index (χ2n) is 12.7. The molecule has 4 aliphatic rings. The van der Waals surface area contributed by atoms with Crippen molar-refractivity contribution in [3.8, 4) is 17.2 Å². The van der Waals surface area contributed by atoms with E-state index in [0.717, 1.165) is 24.0 Å². The maximum absolute atomic E-state index is 13.7. The van der Waals surface area contributed by atoms with E-state index in [-0.39, 0.29) is 23.9 Å². The van der Waals surface area contributed by atoms with Gasteiger partial charge in [0.05, 0.1) is 54.9 Å². The quantitative estimate of drug-likeness (QED) is 0.218. The minimum Gasteiger partial charge on any atom is -0.493 e. The standard InChI is InChI=1S/C39H36N4O5/c1-24-14-31-33(40-20-29-15-25-8-3-5-10-27(25)22-42(29)38(31)44)18-35(24)47-12-7-13-48-37-19-34-32(17-36(37)46-2)39(45)43-23-28-11-6-4-9-26(28)16-30(43)21-41-34/h3-6,8-11,14,17-21,29-30H,7,12-13,15-16,22-23H2,1-2H3/t29-,30+/m1/s1. The SMILES string of the molecule is COc1cc2c(cc1OCCCOc1cc3c(cc1C)C(=O)N1Cc4ccccc4C[C@@H]1C=N3)N=C[C@@H]1Cc3ccccc3CN1C2=O. The number of carbonyl (C=O) groups excluding carboxylic acids is 2. The van der Waals surface area contributed by atoms with Crippen LogP contribution < -0.4 is 14.2 Å². The molecule has 8 rings (SSSR count). The highest BCUT2D eigenvalue weighted by atomic mass is 16.5. The van der Waals surface area contributed by atoms with Crippen molar-refractivity contribution in [1.82, 2.24) is 9.80 Å². The molecule has 242 valence electrons. The Kier molecular flexibility index (Phi) is 7.67. The summed E-state index contributed by atoms with van der Waals surface area (Å²) in [6, 6.07) is 23.6. The molecular formula is C39H36N4O5. The number of hydrogen-bond acceptors (Lipinski definition) is 7. The second kappa shape index (κ2) is 12.3. The van der Waals surface area contributed by atoms with Gasteiger partial charge in [-0.1, -0.05) is 48.5 Å². The van der Waals surface area contributed by atoms with Crippen LogP contribution in [-0.2, 0) is 25.9 Å². The number of methoxy groups -OCH3 is 1. The molecule has 4 aliphatic heterocycles. The summed E-state index contributed by atoms with van der Waals surface area (Å²) in [5, 5.41) is 0. The van der Waals surface area contributed by atoms with E-state index in [1.807, 2.05) is 65.6 Å². The Labute approximate surface area is 279 Å². The zero-order valence-electron chi connectivity index (χ0n) is 27.0. The van der Waals surface area contributed by atoms with E-state index < -0.39 is 0 Å². The monoisotopic (exact) mass is 640 g/mol. The van der Waals surface area contributed by atoms with Gasteiger partial charge in [-0.25, -0.2) is 0 Å². The van der Waals surface area contributed by atoms with Crippen molar-refractivity contribution in [3.63, 3.8) is 0 Å². The number of benzene rings is 4. The number of fused-ring (bicyclic) bond motifs is 6. The van der Waals surface area contributed by atoms with Gasteiger partial charge in [0.2, 0.25) is 0 Å². The van der Waals surface area contributed by atoms with Crippen molar-refractivity contribution in [2.75, 3.05) is 20.3 Å². The maximum atomic E-state index is 13.7. The average molecular weight is 641 g/mol. The zero-order chi connectivity index (χ0) is 32.8. The highest BCUT2D eigenvalue weighted by Crippen LogP contribution is 2.39. The topological polar surface area (TPSA) is 93.0 Å². The fraction of sp³-hybridized carbons (Fsp3) is 0.282. The van der Waals surface area contributed by atoms with Crippen LogP contribution in [0.25, 0.3) is 0 Å². The summed E-state index contributed by atoms with van der Waals surface area (Å²) in [4.78, 5) is 40.5. The van der Waals surface area contributed by atoms with E-state index in [2.05, 4.69) is 24.3 Å². The van der Waals surface area contributed by atoms with Gasteiger partial charge in [0, 0.05) is 44.1 Å². The lowest BCUT2D eigenvalue weighted by atomic mass is 9.94. The summed E-state index contributed by atoms with van der Waals surface area (Å²) in [6.45, 7) is 3.85. The van der Waals surface area contributed by atoms with Gasteiger partial charge in [-0.15, -0.1) is 0 Å². The summed E-state index contributed by atoms with van der Waals surface area (Å²) in [5.74, 6) is 1.63. The van der Waals surface area contributed by atoms with Gasteiger partial charge < -0.3 is 24.0 Å². The Morgan fingerprint density at radius 1 is 0.667 bits per heavy atom. The number of ether oxygens (including phenoxy) is 3. The number of aliphatic imine (C=N–C) groups is 2.